The van der Waals surface area contributed by atoms with E-state index in [0.29, 0.717) is 17.8 Å². The molecule has 5 aromatic rings. The molecule has 6 rings (SSSR count). The highest BCUT2D eigenvalue weighted by molar-refractivity contribution is 6.11. The Labute approximate surface area is 227 Å². The number of furan rings is 1. The number of fused-ring (bicyclic) bond motifs is 6. The summed E-state index contributed by atoms with van der Waals surface area (Å²) in [6.07, 6.45) is 2.29. The van der Waals surface area contributed by atoms with Crippen molar-refractivity contribution >= 4 is 21.9 Å². The Morgan fingerprint density at radius 1 is 0.737 bits per heavy atom. The van der Waals surface area contributed by atoms with Gasteiger partial charge in [-0.2, -0.15) is 0 Å². The first kappa shape index (κ1) is 24.9. The van der Waals surface area contributed by atoms with Gasteiger partial charge in [-0.15, -0.1) is 0 Å². The van der Waals surface area contributed by atoms with E-state index >= 15 is 0 Å². The molecule has 194 valence electrons. The lowest BCUT2D eigenvalue weighted by atomic mass is 9.63. The molecule has 0 spiro atoms. The van der Waals surface area contributed by atoms with Gasteiger partial charge in [0.15, 0.2) is 6.20 Å². The minimum atomic E-state index is -0.0337. The molecule has 0 aliphatic heterocycles. The summed E-state index contributed by atoms with van der Waals surface area (Å²) < 4.78 is 9.13. The first-order valence-electron chi connectivity index (χ1n) is 14.2. The Balaban J connectivity index is 1.68. The van der Waals surface area contributed by atoms with Crippen LogP contribution < -0.4 is 4.57 Å². The van der Waals surface area contributed by atoms with E-state index in [1.165, 1.54) is 61.0 Å². The van der Waals surface area contributed by atoms with Gasteiger partial charge in [-0.25, -0.2) is 4.57 Å². The molecule has 0 saturated heterocycles. The molecule has 2 heterocycles. The third-order valence-electron chi connectivity index (χ3n) is 9.32. The van der Waals surface area contributed by atoms with Crippen molar-refractivity contribution in [2.45, 2.75) is 66.7 Å². The van der Waals surface area contributed by atoms with Crippen LogP contribution in [-0.2, 0) is 12.5 Å². The Hall–Kier alpha value is -3.39. The minimum absolute atomic E-state index is 0.0337. The molecule has 0 amide bonds. The first-order chi connectivity index (χ1) is 18.1. The van der Waals surface area contributed by atoms with Crippen LogP contribution in [0.15, 0.2) is 65.2 Å². The second kappa shape index (κ2) is 8.56. The normalized spacial score (nSPS) is 14.3. The Morgan fingerprint density at radius 3 is 2.13 bits per heavy atom. The summed E-state index contributed by atoms with van der Waals surface area (Å²) in [5, 5.41) is 2.40. The molecule has 0 radical (unpaired) electrons. The number of rotatable bonds is 4. The molecule has 0 atom stereocenters. The highest BCUT2D eigenvalue weighted by Gasteiger charge is 2.48. The lowest BCUT2D eigenvalue weighted by Crippen LogP contribution is -2.37. The van der Waals surface area contributed by atoms with Gasteiger partial charge in [-0.05, 0) is 77.1 Å². The van der Waals surface area contributed by atoms with E-state index in [9.17, 15) is 0 Å². The average molecular weight is 503 g/mol. The van der Waals surface area contributed by atoms with Gasteiger partial charge in [0.2, 0.25) is 5.69 Å². The van der Waals surface area contributed by atoms with Gasteiger partial charge in [0.1, 0.15) is 18.2 Å². The Bertz CT molecular complexity index is 1720. The van der Waals surface area contributed by atoms with E-state index in [4.69, 9.17) is 4.42 Å². The highest BCUT2D eigenvalue weighted by Crippen LogP contribution is 2.57. The molecule has 0 saturated carbocycles. The van der Waals surface area contributed by atoms with E-state index < -0.39 is 0 Å². The average Bonchev–Trinajstić information content (AvgIpc) is 3.37. The van der Waals surface area contributed by atoms with Crippen molar-refractivity contribution in [1.29, 1.82) is 0 Å². The molecule has 2 nitrogen and oxygen atoms in total. The number of benzene rings is 3. The zero-order valence-corrected chi connectivity index (χ0v) is 24.4. The van der Waals surface area contributed by atoms with Gasteiger partial charge >= 0.3 is 0 Å². The van der Waals surface area contributed by atoms with Gasteiger partial charge < -0.3 is 4.42 Å². The van der Waals surface area contributed by atoms with E-state index in [1.54, 1.807) is 0 Å². The summed E-state index contributed by atoms with van der Waals surface area (Å²) in [5.74, 6) is 1.42. The molecule has 1 aliphatic rings. The summed E-state index contributed by atoms with van der Waals surface area (Å²) in [5.41, 5.74) is 13.9. The summed E-state index contributed by atoms with van der Waals surface area (Å²) >= 11 is 0. The molecular weight excluding hydrogens is 462 g/mol. The maximum absolute atomic E-state index is 6.85. The summed E-state index contributed by atoms with van der Waals surface area (Å²) in [6, 6.07) is 20.7. The molecule has 0 unspecified atom stereocenters. The molecule has 0 bridgehead atoms. The third kappa shape index (κ3) is 3.22. The zero-order valence-electron chi connectivity index (χ0n) is 24.4. The van der Waals surface area contributed by atoms with Gasteiger partial charge in [0.25, 0.3) is 0 Å². The smallest absolute Gasteiger partial charge is 0.216 e. The van der Waals surface area contributed by atoms with E-state index in [0.717, 1.165) is 11.2 Å². The van der Waals surface area contributed by atoms with Crippen LogP contribution in [-0.4, -0.2) is 0 Å². The van der Waals surface area contributed by atoms with Crippen LogP contribution in [0.25, 0.3) is 44.3 Å². The molecule has 3 aromatic carbocycles. The quantitative estimate of drug-likeness (QED) is 0.224. The maximum atomic E-state index is 6.85. The van der Waals surface area contributed by atoms with Crippen molar-refractivity contribution < 1.29 is 8.98 Å². The first-order valence-corrected chi connectivity index (χ1v) is 14.2. The number of hydrogen-bond donors (Lipinski definition) is 0. The SMILES string of the molecule is Cc1cc(-c2c(C)ccc3c2oc2cc4c(cc23)-c2ccccc2C4(C(C)C)C(C)C)[n+](C)cc1C(C)C. The highest BCUT2D eigenvalue weighted by atomic mass is 16.3. The van der Waals surface area contributed by atoms with Crippen LogP contribution in [0.1, 0.15) is 75.3 Å². The fourth-order valence-corrected chi connectivity index (χ4v) is 7.62. The van der Waals surface area contributed by atoms with Crippen molar-refractivity contribution in [1.82, 2.24) is 0 Å². The van der Waals surface area contributed by atoms with Crippen LogP contribution >= 0.6 is 0 Å². The van der Waals surface area contributed by atoms with Crippen LogP contribution in [0, 0.1) is 25.7 Å². The predicted molar refractivity (Wildman–Crippen MR) is 160 cm³/mol. The van der Waals surface area contributed by atoms with Gasteiger partial charge in [-0.3, -0.25) is 0 Å². The monoisotopic (exact) mass is 502 g/mol. The largest absolute Gasteiger partial charge is 0.455 e. The van der Waals surface area contributed by atoms with Crippen LogP contribution in [0.2, 0.25) is 0 Å². The van der Waals surface area contributed by atoms with E-state index in [-0.39, 0.29) is 5.41 Å². The zero-order chi connectivity index (χ0) is 27.1. The lowest BCUT2D eigenvalue weighted by Gasteiger charge is -2.40. The van der Waals surface area contributed by atoms with Crippen LogP contribution in [0.3, 0.4) is 0 Å². The van der Waals surface area contributed by atoms with Gasteiger partial charge in [0.05, 0.1) is 5.56 Å². The van der Waals surface area contributed by atoms with Crippen molar-refractivity contribution in [2.24, 2.45) is 18.9 Å². The molecule has 1 aliphatic carbocycles. The fourth-order valence-electron chi connectivity index (χ4n) is 7.62. The van der Waals surface area contributed by atoms with Crippen molar-refractivity contribution in [3.05, 3.63) is 88.6 Å². The van der Waals surface area contributed by atoms with Crippen LogP contribution in [0.5, 0.6) is 0 Å². The Morgan fingerprint density at radius 2 is 1.45 bits per heavy atom. The summed E-state index contributed by atoms with van der Waals surface area (Å²) in [6.45, 7) is 18.5. The molecule has 38 heavy (non-hydrogen) atoms. The van der Waals surface area contributed by atoms with E-state index in [1.807, 2.05) is 0 Å². The van der Waals surface area contributed by atoms with Gasteiger partial charge in [-0.1, -0.05) is 77.9 Å². The van der Waals surface area contributed by atoms with Crippen molar-refractivity contribution in [3.63, 3.8) is 0 Å². The third-order valence-corrected chi connectivity index (χ3v) is 9.32. The van der Waals surface area contributed by atoms with Crippen LogP contribution in [0.4, 0.5) is 0 Å². The van der Waals surface area contributed by atoms with Crippen molar-refractivity contribution in [3.8, 4) is 22.4 Å². The minimum Gasteiger partial charge on any atom is -0.455 e. The molecular formula is C36H40NO+. The second-order valence-corrected chi connectivity index (χ2v) is 12.4. The maximum Gasteiger partial charge on any atom is 0.216 e. The molecule has 2 heteroatoms. The number of aromatic nitrogens is 1. The predicted octanol–water partition coefficient (Wildman–Crippen LogP) is 9.40. The molecule has 0 fully saturated rings. The molecule has 2 aromatic heterocycles. The number of aryl methyl sites for hydroxylation is 3. The number of nitrogens with zero attached hydrogens (tertiary/aromatic N) is 1. The number of hydrogen-bond acceptors (Lipinski definition) is 1. The fraction of sp³-hybridized carbons (Fsp3) is 0.361. The topological polar surface area (TPSA) is 17.0 Å². The Kier molecular flexibility index (Phi) is 5.61. The molecule has 0 N–H and O–H groups in total. The van der Waals surface area contributed by atoms with Crippen molar-refractivity contribution in [2.75, 3.05) is 0 Å². The second-order valence-electron chi connectivity index (χ2n) is 12.4. The summed E-state index contributed by atoms with van der Waals surface area (Å²) in [4.78, 5) is 0. The summed E-state index contributed by atoms with van der Waals surface area (Å²) in [7, 11) is 2.16. The van der Waals surface area contributed by atoms with Gasteiger partial charge in [0, 0.05) is 27.8 Å². The lowest BCUT2D eigenvalue weighted by molar-refractivity contribution is -0.660. The van der Waals surface area contributed by atoms with E-state index in [2.05, 4.69) is 128 Å². The standard InChI is InChI=1S/C36H40NO/c1-20(2)29-19-37(9)32(16-24(29)8)34-23(7)14-15-26-28-17-27-25-12-10-11-13-30(25)36(21(3)4,22(5)6)31(27)18-33(28)38-35(26)34/h10-22H,1-9H3/q+1. The number of pyridine rings is 1.